The Bertz CT molecular complexity index is 1260. The Morgan fingerprint density at radius 2 is 1.79 bits per heavy atom. The summed E-state index contributed by atoms with van der Waals surface area (Å²) in [5, 5.41) is 5.92. The molecule has 0 unspecified atom stereocenters. The molecule has 0 saturated carbocycles. The molecular weight excluding hydrogens is 465 g/mol. The van der Waals surface area contributed by atoms with Crippen molar-refractivity contribution < 1.29 is 19.1 Å². The maximum Gasteiger partial charge on any atom is 0.333 e. The van der Waals surface area contributed by atoms with Gasteiger partial charge in [0.2, 0.25) is 0 Å². The molecule has 1 aliphatic heterocycles. The zero-order valence-electron chi connectivity index (χ0n) is 17.0. The fraction of sp³-hybridized carbons (Fsp3) is 0.0417. The van der Waals surface area contributed by atoms with Gasteiger partial charge in [-0.25, -0.2) is 9.69 Å². The number of imide groups is 1. The molecule has 0 atom stereocenters. The summed E-state index contributed by atoms with van der Waals surface area (Å²) < 4.78 is 5.50. The second-order valence-corrected chi connectivity index (χ2v) is 7.84. The molecular formula is C24H17Cl2N3O4. The normalized spacial score (nSPS) is 14.4. The third-order valence-electron chi connectivity index (χ3n) is 4.63. The maximum absolute atomic E-state index is 12.7. The molecule has 0 aromatic heterocycles. The zero-order chi connectivity index (χ0) is 23.4. The van der Waals surface area contributed by atoms with E-state index >= 15 is 0 Å². The summed E-state index contributed by atoms with van der Waals surface area (Å²) in [6, 6.07) is 19.7. The summed E-state index contributed by atoms with van der Waals surface area (Å²) in [7, 11) is 0. The smallest absolute Gasteiger partial charge is 0.333 e. The van der Waals surface area contributed by atoms with Crippen molar-refractivity contribution in [2.75, 3.05) is 16.8 Å². The summed E-state index contributed by atoms with van der Waals surface area (Å²) >= 11 is 12.2. The number of hydrogen-bond donors (Lipinski definition) is 2. The largest absolute Gasteiger partial charge is 0.482 e. The number of carbonyl (C=O) groups excluding carboxylic acids is 3. The third-order valence-corrected chi connectivity index (χ3v) is 5.16. The summed E-state index contributed by atoms with van der Waals surface area (Å²) in [6.45, 7) is -0.224. The molecule has 1 fully saturated rings. The second-order valence-electron chi connectivity index (χ2n) is 7.00. The first-order chi connectivity index (χ1) is 15.9. The van der Waals surface area contributed by atoms with Gasteiger partial charge in [-0.1, -0.05) is 53.5 Å². The zero-order valence-corrected chi connectivity index (χ0v) is 18.6. The van der Waals surface area contributed by atoms with E-state index < -0.39 is 11.9 Å². The number of nitrogens with zero attached hydrogens (tertiary/aromatic N) is 1. The molecule has 7 nitrogen and oxygen atoms in total. The van der Waals surface area contributed by atoms with Crippen LogP contribution in [0.3, 0.4) is 0 Å². The number of nitrogens with one attached hydrogen (secondary N) is 2. The molecule has 3 aromatic rings. The van der Waals surface area contributed by atoms with Crippen molar-refractivity contribution in [2.24, 2.45) is 0 Å². The summed E-state index contributed by atoms with van der Waals surface area (Å²) in [6.07, 6.45) is 1.50. The molecule has 1 heterocycles. The van der Waals surface area contributed by atoms with Crippen LogP contribution in [-0.2, 0) is 9.59 Å². The fourth-order valence-electron chi connectivity index (χ4n) is 3.14. The minimum atomic E-state index is -0.580. The summed E-state index contributed by atoms with van der Waals surface area (Å²) in [5.74, 6) is -0.538. The Morgan fingerprint density at radius 3 is 2.52 bits per heavy atom. The van der Waals surface area contributed by atoms with Gasteiger partial charge in [0.15, 0.2) is 6.61 Å². The van der Waals surface area contributed by atoms with Crippen molar-refractivity contribution in [2.45, 2.75) is 0 Å². The van der Waals surface area contributed by atoms with Gasteiger partial charge >= 0.3 is 6.03 Å². The highest BCUT2D eigenvalue weighted by molar-refractivity contribution is 6.33. The molecule has 9 heteroatoms. The standard InChI is InChI=1S/C24H17Cl2N3O4/c25-16-5-4-8-18(13-16)29-23(31)20(28-24(29)32)12-15-9-10-21(19(26)11-15)33-14-22(30)27-17-6-2-1-3-7-17/h1-13H,14H2,(H,27,30)(H,28,32)/b20-12+. The van der Waals surface area contributed by atoms with Crippen molar-refractivity contribution >= 4 is 58.5 Å². The van der Waals surface area contributed by atoms with Crippen molar-refractivity contribution in [1.29, 1.82) is 0 Å². The van der Waals surface area contributed by atoms with Crippen molar-refractivity contribution in [3.63, 3.8) is 0 Å². The number of anilines is 2. The van der Waals surface area contributed by atoms with E-state index in [1.807, 2.05) is 18.2 Å². The van der Waals surface area contributed by atoms with E-state index in [2.05, 4.69) is 10.6 Å². The second kappa shape index (κ2) is 9.77. The van der Waals surface area contributed by atoms with Crippen molar-refractivity contribution in [1.82, 2.24) is 5.32 Å². The molecule has 0 spiro atoms. The minimum Gasteiger partial charge on any atom is -0.482 e. The Labute approximate surface area is 199 Å². The van der Waals surface area contributed by atoms with Crippen LogP contribution < -0.4 is 20.3 Å². The van der Waals surface area contributed by atoms with Crippen LogP contribution in [-0.4, -0.2) is 24.5 Å². The summed E-state index contributed by atoms with van der Waals surface area (Å²) in [5.41, 5.74) is 1.68. The topological polar surface area (TPSA) is 87.7 Å². The van der Waals surface area contributed by atoms with E-state index in [9.17, 15) is 14.4 Å². The molecule has 1 saturated heterocycles. The molecule has 33 heavy (non-hydrogen) atoms. The van der Waals surface area contributed by atoms with Gasteiger partial charge in [0.1, 0.15) is 11.4 Å². The van der Waals surface area contributed by atoms with Crippen LogP contribution in [0.15, 0.2) is 78.5 Å². The van der Waals surface area contributed by atoms with E-state index in [1.54, 1.807) is 48.5 Å². The van der Waals surface area contributed by atoms with Gasteiger partial charge in [-0.15, -0.1) is 0 Å². The van der Waals surface area contributed by atoms with Gasteiger partial charge < -0.3 is 15.4 Å². The van der Waals surface area contributed by atoms with Gasteiger partial charge in [-0.3, -0.25) is 9.59 Å². The van der Waals surface area contributed by atoms with Crippen LogP contribution in [0.25, 0.3) is 6.08 Å². The number of hydrogen-bond acceptors (Lipinski definition) is 4. The van der Waals surface area contributed by atoms with Gasteiger partial charge in [0, 0.05) is 10.7 Å². The van der Waals surface area contributed by atoms with E-state index in [0.717, 1.165) is 4.90 Å². The summed E-state index contributed by atoms with van der Waals surface area (Å²) in [4.78, 5) is 38.1. The molecule has 0 bridgehead atoms. The molecule has 3 aromatic carbocycles. The van der Waals surface area contributed by atoms with Crippen LogP contribution in [0, 0.1) is 0 Å². The van der Waals surface area contributed by atoms with Crippen LogP contribution in [0.4, 0.5) is 16.2 Å². The molecule has 166 valence electrons. The number of para-hydroxylation sites is 1. The number of rotatable bonds is 6. The first-order valence-electron chi connectivity index (χ1n) is 9.80. The van der Waals surface area contributed by atoms with Crippen molar-refractivity contribution in [3.8, 4) is 5.75 Å². The number of urea groups is 1. The molecule has 0 aliphatic carbocycles. The quantitative estimate of drug-likeness (QED) is 0.378. The Balaban J connectivity index is 1.43. The van der Waals surface area contributed by atoms with Crippen LogP contribution in [0.1, 0.15) is 5.56 Å². The molecule has 2 N–H and O–H groups in total. The first-order valence-corrected chi connectivity index (χ1v) is 10.6. The minimum absolute atomic E-state index is 0.0898. The van der Waals surface area contributed by atoms with E-state index in [1.165, 1.54) is 12.1 Å². The molecule has 1 aliphatic rings. The lowest BCUT2D eigenvalue weighted by Gasteiger charge is -2.11. The van der Waals surface area contributed by atoms with Crippen LogP contribution in [0.2, 0.25) is 10.0 Å². The number of benzene rings is 3. The van der Waals surface area contributed by atoms with E-state index in [-0.39, 0.29) is 23.2 Å². The molecule has 4 rings (SSSR count). The van der Waals surface area contributed by atoms with Gasteiger partial charge in [-0.05, 0) is 54.1 Å². The highest BCUT2D eigenvalue weighted by Gasteiger charge is 2.34. The highest BCUT2D eigenvalue weighted by Crippen LogP contribution is 2.28. The third kappa shape index (κ3) is 5.34. The van der Waals surface area contributed by atoms with Crippen LogP contribution >= 0.6 is 23.2 Å². The molecule has 4 amide bonds. The predicted octanol–water partition coefficient (Wildman–Crippen LogP) is 5.11. The van der Waals surface area contributed by atoms with Crippen LogP contribution in [0.5, 0.6) is 5.75 Å². The fourth-order valence-corrected chi connectivity index (χ4v) is 3.57. The van der Waals surface area contributed by atoms with Gasteiger partial charge in [-0.2, -0.15) is 0 Å². The van der Waals surface area contributed by atoms with Gasteiger partial charge in [0.25, 0.3) is 11.8 Å². The monoisotopic (exact) mass is 481 g/mol. The number of amides is 4. The van der Waals surface area contributed by atoms with E-state index in [4.69, 9.17) is 27.9 Å². The number of ether oxygens (including phenoxy) is 1. The highest BCUT2D eigenvalue weighted by atomic mass is 35.5. The first kappa shape index (κ1) is 22.4. The average molecular weight is 482 g/mol. The van der Waals surface area contributed by atoms with Gasteiger partial charge in [0.05, 0.1) is 10.7 Å². The Hall–Kier alpha value is -3.81. The SMILES string of the molecule is O=C(COc1ccc(/C=C2/NC(=O)N(c3cccc(Cl)c3)C2=O)cc1Cl)Nc1ccccc1. The average Bonchev–Trinajstić information content (AvgIpc) is 3.06. The molecule has 0 radical (unpaired) electrons. The lowest BCUT2D eigenvalue weighted by atomic mass is 10.2. The number of halogens is 2. The Kier molecular flexibility index (Phi) is 6.63. The lowest BCUT2D eigenvalue weighted by Crippen LogP contribution is -2.30. The lowest BCUT2D eigenvalue weighted by molar-refractivity contribution is -0.118. The maximum atomic E-state index is 12.7. The number of carbonyl (C=O) groups is 3. The predicted molar refractivity (Wildman–Crippen MR) is 127 cm³/mol. The van der Waals surface area contributed by atoms with Crippen molar-refractivity contribution in [3.05, 3.63) is 94.1 Å². The van der Waals surface area contributed by atoms with E-state index in [0.29, 0.717) is 27.7 Å². The Morgan fingerprint density at radius 1 is 1.00 bits per heavy atom.